The van der Waals surface area contributed by atoms with Gasteiger partial charge in [-0.3, -0.25) is 14.1 Å². The van der Waals surface area contributed by atoms with Crippen molar-refractivity contribution in [2.24, 2.45) is 0 Å². The summed E-state index contributed by atoms with van der Waals surface area (Å²) in [7, 11) is -4.64. The van der Waals surface area contributed by atoms with Gasteiger partial charge in [0.05, 0.1) is 16.6 Å². The Bertz CT molecular complexity index is 1010. The third-order valence-corrected chi connectivity index (χ3v) is 5.28. The molecule has 2 N–H and O–H groups in total. The number of aromatic nitrogens is 1. The zero-order valence-electron chi connectivity index (χ0n) is 13.1. The fraction of sp³-hybridized carbons (Fsp3) is 0.214. The van der Waals surface area contributed by atoms with Crippen molar-refractivity contribution in [1.29, 1.82) is 0 Å². The standard InChI is InChI=1S/C14H11Cl2N3O6S.Na.H/c1-6-10(12(18-25-6)11-7(15)3-2-4-8(11)16)13(20)17-9-5-19(14(9)21)26(22,23)24;;/h2-4,9H,5H2,1H3,(H,17,20)(H,22,23,24);;. The molecule has 1 aliphatic heterocycles. The maximum absolute atomic E-state index is 12.6. The monoisotopic (exact) mass is 443 g/mol. The molecule has 1 atom stereocenters. The number of amides is 2. The van der Waals surface area contributed by atoms with Gasteiger partial charge in [0.1, 0.15) is 23.1 Å². The van der Waals surface area contributed by atoms with Crippen LogP contribution in [0.15, 0.2) is 22.7 Å². The van der Waals surface area contributed by atoms with Crippen LogP contribution in [0.1, 0.15) is 16.1 Å². The van der Waals surface area contributed by atoms with Crippen LogP contribution >= 0.6 is 23.2 Å². The minimum absolute atomic E-state index is 0. The number of β-lactam (4-membered cyclic amide) rings is 1. The molecule has 0 spiro atoms. The van der Waals surface area contributed by atoms with Crippen molar-refractivity contribution in [1.82, 2.24) is 14.8 Å². The van der Waals surface area contributed by atoms with E-state index in [0.717, 1.165) is 0 Å². The minimum atomic E-state index is -4.64. The summed E-state index contributed by atoms with van der Waals surface area (Å²) in [5, 5.41) is 6.68. The SMILES string of the molecule is Cc1onc(-c2c(Cl)cccc2Cl)c1C(=O)NC1CN(S(=O)(=O)O)C1=O.[NaH]. The van der Waals surface area contributed by atoms with Gasteiger partial charge in [0, 0.05) is 5.56 Å². The molecule has 27 heavy (non-hydrogen) atoms. The number of nitrogens with one attached hydrogen (secondary N) is 1. The van der Waals surface area contributed by atoms with Crippen LogP contribution in [-0.2, 0) is 15.1 Å². The Hall–Kier alpha value is -1.14. The molecule has 3 rings (SSSR count). The molecular formula is C14H12Cl2N3NaO6S. The van der Waals surface area contributed by atoms with Crippen molar-refractivity contribution in [2.75, 3.05) is 6.54 Å². The van der Waals surface area contributed by atoms with Crippen LogP contribution in [0.5, 0.6) is 0 Å². The van der Waals surface area contributed by atoms with Gasteiger partial charge in [-0.15, -0.1) is 0 Å². The van der Waals surface area contributed by atoms with Crippen LogP contribution in [-0.4, -0.2) is 76.4 Å². The molecule has 13 heteroatoms. The van der Waals surface area contributed by atoms with Gasteiger partial charge in [0.2, 0.25) is 0 Å². The molecule has 0 saturated carbocycles. The number of rotatable bonds is 4. The van der Waals surface area contributed by atoms with Crippen LogP contribution in [0.4, 0.5) is 0 Å². The normalized spacial score (nSPS) is 16.5. The van der Waals surface area contributed by atoms with E-state index in [1.165, 1.54) is 6.92 Å². The number of benzene rings is 1. The Morgan fingerprint density at radius 3 is 2.48 bits per heavy atom. The van der Waals surface area contributed by atoms with E-state index in [1.54, 1.807) is 18.2 Å². The summed E-state index contributed by atoms with van der Waals surface area (Å²) < 4.78 is 36.0. The van der Waals surface area contributed by atoms with E-state index >= 15 is 0 Å². The van der Waals surface area contributed by atoms with Crippen LogP contribution in [0.25, 0.3) is 11.3 Å². The van der Waals surface area contributed by atoms with E-state index in [4.69, 9.17) is 32.3 Å². The molecule has 1 unspecified atom stereocenters. The molecular weight excluding hydrogens is 432 g/mol. The predicted octanol–water partition coefficient (Wildman–Crippen LogP) is 1.05. The predicted molar refractivity (Wildman–Crippen MR) is 98.4 cm³/mol. The summed E-state index contributed by atoms with van der Waals surface area (Å²) in [4.78, 5) is 24.3. The number of carbonyl (C=O) groups excluding carboxylic acids is 2. The fourth-order valence-electron chi connectivity index (χ4n) is 2.48. The fourth-order valence-corrected chi connectivity index (χ4v) is 3.74. The Labute approximate surface area is 186 Å². The van der Waals surface area contributed by atoms with Crippen molar-refractivity contribution in [3.63, 3.8) is 0 Å². The van der Waals surface area contributed by atoms with Crippen LogP contribution in [0.2, 0.25) is 10.0 Å². The first-order valence-electron chi connectivity index (χ1n) is 7.11. The molecule has 2 aromatic rings. The van der Waals surface area contributed by atoms with Crippen molar-refractivity contribution in [2.45, 2.75) is 13.0 Å². The summed E-state index contributed by atoms with van der Waals surface area (Å²) in [5.41, 5.74) is 0.393. The second-order valence-corrected chi connectivity index (χ2v) is 7.58. The molecule has 2 heterocycles. The number of aryl methyl sites for hydroxylation is 1. The Kier molecular flexibility index (Phi) is 6.63. The molecule has 0 bridgehead atoms. The molecule has 1 aromatic carbocycles. The van der Waals surface area contributed by atoms with E-state index in [-0.39, 0.29) is 73.0 Å². The topological polar surface area (TPSA) is 130 Å². The zero-order chi connectivity index (χ0) is 19.2. The number of carbonyl (C=O) groups is 2. The van der Waals surface area contributed by atoms with E-state index in [2.05, 4.69) is 10.5 Å². The van der Waals surface area contributed by atoms with Crippen LogP contribution in [0.3, 0.4) is 0 Å². The molecule has 9 nitrogen and oxygen atoms in total. The molecule has 0 radical (unpaired) electrons. The van der Waals surface area contributed by atoms with Gasteiger partial charge in [-0.2, -0.15) is 8.42 Å². The van der Waals surface area contributed by atoms with Gasteiger partial charge in [0.15, 0.2) is 0 Å². The van der Waals surface area contributed by atoms with Gasteiger partial charge >= 0.3 is 39.9 Å². The van der Waals surface area contributed by atoms with E-state index in [1.807, 2.05) is 0 Å². The summed E-state index contributed by atoms with van der Waals surface area (Å²) in [6.45, 7) is 1.11. The molecule has 2 amide bonds. The molecule has 1 aliphatic rings. The van der Waals surface area contributed by atoms with E-state index in [0.29, 0.717) is 0 Å². The molecule has 1 aromatic heterocycles. The average molecular weight is 444 g/mol. The summed E-state index contributed by atoms with van der Waals surface area (Å²) in [6, 6.07) is 3.65. The second-order valence-electron chi connectivity index (χ2n) is 5.43. The third kappa shape index (κ3) is 4.16. The first-order chi connectivity index (χ1) is 12.1. The quantitative estimate of drug-likeness (QED) is 0.410. The molecule has 140 valence electrons. The van der Waals surface area contributed by atoms with Gasteiger partial charge in [0.25, 0.3) is 11.8 Å². The number of hydrogen-bond donors (Lipinski definition) is 2. The average Bonchev–Trinajstić information content (AvgIpc) is 2.90. The van der Waals surface area contributed by atoms with Crippen molar-refractivity contribution in [3.8, 4) is 11.3 Å². The van der Waals surface area contributed by atoms with Gasteiger partial charge in [-0.05, 0) is 19.1 Å². The van der Waals surface area contributed by atoms with Crippen molar-refractivity contribution in [3.05, 3.63) is 39.6 Å². The maximum atomic E-state index is 12.6. The Morgan fingerprint density at radius 2 is 1.96 bits per heavy atom. The molecule has 1 fully saturated rings. The van der Waals surface area contributed by atoms with Crippen molar-refractivity contribution < 1.29 is 27.1 Å². The van der Waals surface area contributed by atoms with Crippen LogP contribution in [0, 0.1) is 6.92 Å². The molecule has 1 saturated heterocycles. The first kappa shape index (κ1) is 22.2. The first-order valence-corrected chi connectivity index (χ1v) is 9.27. The second kappa shape index (κ2) is 8.08. The van der Waals surface area contributed by atoms with Gasteiger partial charge < -0.3 is 9.84 Å². The van der Waals surface area contributed by atoms with Crippen LogP contribution < -0.4 is 5.32 Å². The summed E-state index contributed by atoms with van der Waals surface area (Å²) >= 11 is 12.3. The Morgan fingerprint density at radius 1 is 1.37 bits per heavy atom. The third-order valence-electron chi connectivity index (χ3n) is 3.77. The number of nitrogens with zero attached hydrogens (tertiary/aromatic N) is 2. The number of halogens is 2. The van der Waals surface area contributed by atoms with Gasteiger partial charge in [-0.1, -0.05) is 34.4 Å². The number of hydrogen-bond acceptors (Lipinski definition) is 6. The van der Waals surface area contributed by atoms with Crippen molar-refractivity contribution >= 4 is 74.9 Å². The van der Waals surface area contributed by atoms with E-state index in [9.17, 15) is 18.0 Å². The van der Waals surface area contributed by atoms with Gasteiger partial charge in [-0.25, -0.2) is 4.31 Å². The zero-order valence-corrected chi connectivity index (χ0v) is 15.4. The summed E-state index contributed by atoms with van der Waals surface area (Å²) in [5.74, 6) is -1.51. The summed E-state index contributed by atoms with van der Waals surface area (Å²) in [6.07, 6.45) is 0. The molecule has 0 aliphatic carbocycles. The van der Waals surface area contributed by atoms with E-state index < -0.39 is 28.2 Å². The Balaban J connectivity index is 0.00000261.